The fourth-order valence-electron chi connectivity index (χ4n) is 2.15. The maximum absolute atomic E-state index is 6.35. The Kier molecular flexibility index (Phi) is 2.80. The predicted molar refractivity (Wildman–Crippen MR) is 58.6 cm³/mol. The summed E-state index contributed by atoms with van der Waals surface area (Å²) in [7, 11) is 1.98. The van der Waals surface area contributed by atoms with Crippen molar-refractivity contribution in [2.24, 2.45) is 12.8 Å². The molecule has 1 saturated heterocycles. The van der Waals surface area contributed by atoms with E-state index in [1.54, 1.807) is 0 Å². The second-order valence-corrected chi connectivity index (χ2v) is 4.55. The fourth-order valence-corrected chi connectivity index (χ4v) is 2.15. The number of aromatic nitrogens is 2. The molecule has 4 nitrogen and oxygen atoms in total. The van der Waals surface area contributed by atoms with Crippen molar-refractivity contribution in [3.63, 3.8) is 0 Å². The van der Waals surface area contributed by atoms with Crippen molar-refractivity contribution in [3.8, 4) is 0 Å². The monoisotopic (exact) mass is 209 g/mol. The Bertz CT molecular complexity index is 340. The maximum atomic E-state index is 6.35. The Morgan fingerprint density at radius 1 is 1.53 bits per heavy atom. The molecule has 84 valence electrons. The molecule has 0 radical (unpaired) electrons. The fraction of sp³-hybridized carbons (Fsp3) is 0.727. The zero-order valence-corrected chi connectivity index (χ0v) is 9.49. The molecular formula is C11H19N3O. The summed E-state index contributed by atoms with van der Waals surface area (Å²) in [4.78, 5) is 0. The molecule has 1 aromatic heterocycles. The number of hydrogen-bond donors (Lipinski definition) is 1. The van der Waals surface area contributed by atoms with Gasteiger partial charge in [0, 0.05) is 37.9 Å². The maximum Gasteiger partial charge on any atom is 0.0596 e. The Morgan fingerprint density at radius 2 is 2.20 bits per heavy atom. The number of nitrogens with zero attached hydrogens (tertiary/aromatic N) is 2. The SMILES string of the molecule is Cc1cc(CC2(N)CCOCC2)n(C)n1. The number of rotatable bonds is 2. The first-order chi connectivity index (χ1) is 7.09. The minimum atomic E-state index is -0.0987. The van der Waals surface area contributed by atoms with E-state index in [1.165, 1.54) is 5.69 Å². The van der Waals surface area contributed by atoms with Crippen molar-refractivity contribution < 1.29 is 4.74 Å². The molecular weight excluding hydrogens is 190 g/mol. The quantitative estimate of drug-likeness (QED) is 0.783. The highest BCUT2D eigenvalue weighted by Gasteiger charge is 2.29. The molecule has 1 aliphatic heterocycles. The van der Waals surface area contributed by atoms with Crippen LogP contribution in [0.25, 0.3) is 0 Å². The van der Waals surface area contributed by atoms with Gasteiger partial charge in [-0.05, 0) is 25.8 Å². The van der Waals surface area contributed by atoms with Crippen LogP contribution in [-0.2, 0) is 18.2 Å². The summed E-state index contributed by atoms with van der Waals surface area (Å²) < 4.78 is 7.27. The zero-order valence-electron chi connectivity index (χ0n) is 9.49. The van der Waals surface area contributed by atoms with E-state index >= 15 is 0 Å². The van der Waals surface area contributed by atoms with E-state index in [2.05, 4.69) is 11.2 Å². The smallest absolute Gasteiger partial charge is 0.0596 e. The average molecular weight is 209 g/mol. The third-order valence-corrected chi connectivity index (χ3v) is 3.12. The van der Waals surface area contributed by atoms with Gasteiger partial charge in [0.15, 0.2) is 0 Å². The first kappa shape index (κ1) is 10.6. The van der Waals surface area contributed by atoms with Crippen molar-refractivity contribution in [3.05, 3.63) is 17.5 Å². The van der Waals surface area contributed by atoms with Crippen molar-refractivity contribution in [2.45, 2.75) is 31.7 Å². The third-order valence-electron chi connectivity index (χ3n) is 3.12. The highest BCUT2D eigenvalue weighted by atomic mass is 16.5. The number of aryl methyl sites for hydroxylation is 2. The topological polar surface area (TPSA) is 53.1 Å². The van der Waals surface area contributed by atoms with E-state index < -0.39 is 0 Å². The molecule has 4 heteroatoms. The van der Waals surface area contributed by atoms with E-state index in [-0.39, 0.29) is 5.54 Å². The number of hydrogen-bond acceptors (Lipinski definition) is 3. The van der Waals surface area contributed by atoms with Crippen molar-refractivity contribution >= 4 is 0 Å². The van der Waals surface area contributed by atoms with Crippen LogP contribution in [0.15, 0.2) is 6.07 Å². The number of nitrogens with two attached hydrogens (primary N) is 1. The van der Waals surface area contributed by atoms with Crippen LogP contribution in [0.2, 0.25) is 0 Å². The van der Waals surface area contributed by atoms with Crippen LogP contribution in [0.3, 0.4) is 0 Å². The molecule has 1 aromatic rings. The summed E-state index contributed by atoms with van der Waals surface area (Å²) in [6, 6.07) is 2.12. The van der Waals surface area contributed by atoms with E-state index in [4.69, 9.17) is 10.5 Å². The summed E-state index contributed by atoms with van der Waals surface area (Å²) >= 11 is 0. The molecule has 2 N–H and O–H groups in total. The molecule has 0 bridgehead atoms. The molecule has 0 saturated carbocycles. The molecule has 1 fully saturated rings. The summed E-state index contributed by atoms with van der Waals surface area (Å²) in [5.74, 6) is 0. The van der Waals surface area contributed by atoms with Crippen LogP contribution in [-0.4, -0.2) is 28.5 Å². The van der Waals surface area contributed by atoms with Crippen LogP contribution >= 0.6 is 0 Å². The molecule has 2 rings (SSSR count). The van der Waals surface area contributed by atoms with Gasteiger partial charge in [0.25, 0.3) is 0 Å². The van der Waals surface area contributed by atoms with Crippen molar-refractivity contribution in [2.75, 3.05) is 13.2 Å². The van der Waals surface area contributed by atoms with Crippen LogP contribution in [0.5, 0.6) is 0 Å². The second-order valence-electron chi connectivity index (χ2n) is 4.55. The van der Waals surface area contributed by atoms with Gasteiger partial charge >= 0.3 is 0 Å². The summed E-state index contributed by atoms with van der Waals surface area (Å²) in [5.41, 5.74) is 8.53. The Morgan fingerprint density at radius 3 is 2.73 bits per heavy atom. The predicted octanol–water partition coefficient (Wildman–Crippen LogP) is 0.779. The van der Waals surface area contributed by atoms with Crippen LogP contribution in [0.4, 0.5) is 0 Å². The molecule has 0 unspecified atom stereocenters. The van der Waals surface area contributed by atoms with Crippen LogP contribution in [0.1, 0.15) is 24.2 Å². The average Bonchev–Trinajstić information content (AvgIpc) is 2.45. The molecule has 0 amide bonds. The lowest BCUT2D eigenvalue weighted by Gasteiger charge is -2.33. The summed E-state index contributed by atoms with van der Waals surface area (Å²) in [5, 5.41) is 4.34. The van der Waals surface area contributed by atoms with Crippen molar-refractivity contribution in [1.29, 1.82) is 0 Å². The highest BCUT2D eigenvalue weighted by molar-refractivity contribution is 5.12. The van der Waals surface area contributed by atoms with Gasteiger partial charge in [-0.1, -0.05) is 0 Å². The van der Waals surface area contributed by atoms with Gasteiger partial charge < -0.3 is 10.5 Å². The molecule has 0 aromatic carbocycles. The Hall–Kier alpha value is -0.870. The van der Waals surface area contributed by atoms with Crippen LogP contribution < -0.4 is 5.73 Å². The van der Waals surface area contributed by atoms with E-state index in [9.17, 15) is 0 Å². The van der Waals surface area contributed by atoms with Gasteiger partial charge in [0.05, 0.1) is 5.69 Å². The molecule has 1 aliphatic rings. The normalized spacial score (nSPS) is 20.5. The van der Waals surface area contributed by atoms with Gasteiger partial charge in [-0.25, -0.2) is 0 Å². The zero-order chi connectivity index (χ0) is 10.9. The first-order valence-corrected chi connectivity index (χ1v) is 5.45. The minimum Gasteiger partial charge on any atom is -0.381 e. The van der Waals surface area contributed by atoms with E-state index in [0.717, 1.165) is 38.2 Å². The summed E-state index contributed by atoms with van der Waals surface area (Å²) in [6.45, 7) is 3.58. The lowest BCUT2D eigenvalue weighted by atomic mass is 9.86. The van der Waals surface area contributed by atoms with Crippen LogP contribution in [0, 0.1) is 6.92 Å². The largest absolute Gasteiger partial charge is 0.381 e. The van der Waals surface area contributed by atoms with E-state index in [1.807, 2.05) is 18.7 Å². The second kappa shape index (κ2) is 3.94. The Balaban J connectivity index is 2.09. The molecule has 0 atom stereocenters. The van der Waals surface area contributed by atoms with Gasteiger partial charge in [-0.3, -0.25) is 4.68 Å². The standard InChI is InChI=1S/C11H19N3O/c1-9-7-10(14(2)13-9)8-11(12)3-5-15-6-4-11/h7H,3-6,8,12H2,1-2H3. The van der Waals surface area contributed by atoms with Gasteiger partial charge in [-0.15, -0.1) is 0 Å². The third kappa shape index (κ3) is 2.38. The lowest BCUT2D eigenvalue weighted by molar-refractivity contribution is 0.0527. The van der Waals surface area contributed by atoms with E-state index in [0.29, 0.717) is 0 Å². The van der Waals surface area contributed by atoms with Gasteiger partial charge in [-0.2, -0.15) is 5.10 Å². The number of ether oxygens (including phenoxy) is 1. The summed E-state index contributed by atoms with van der Waals surface area (Å²) in [6.07, 6.45) is 2.78. The molecule has 15 heavy (non-hydrogen) atoms. The molecule has 0 spiro atoms. The molecule has 2 heterocycles. The highest BCUT2D eigenvalue weighted by Crippen LogP contribution is 2.22. The van der Waals surface area contributed by atoms with Crippen molar-refractivity contribution in [1.82, 2.24) is 9.78 Å². The molecule has 0 aliphatic carbocycles. The van der Waals surface area contributed by atoms with Gasteiger partial charge in [0.2, 0.25) is 0 Å². The lowest BCUT2D eigenvalue weighted by Crippen LogP contribution is -2.47. The van der Waals surface area contributed by atoms with Gasteiger partial charge in [0.1, 0.15) is 0 Å². The minimum absolute atomic E-state index is 0.0987. The Labute approximate surface area is 90.4 Å². The first-order valence-electron chi connectivity index (χ1n) is 5.45.